The zero-order valence-corrected chi connectivity index (χ0v) is 20.1. The summed E-state index contributed by atoms with van der Waals surface area (Å²) in [5, 5.41) is 6.03. The molecule has 2 N–H and O–H groups in total. The molecule has 0 saturated carbocycles. The van der Waals surface area contributed by atoms with E-state index in [-0.39, 0.29) is 41.8 Å². The highest BCUT2D eigenvalue weighted by molar-refractivity contribution is 14.0. The number of unbranched alkanes of at least 4 members (excludes halogenated alkanes) is 1. The van der Waals surface area contributed by atoms with Crippen molar-refractivity contribution >= 4 is 29.9 Å². The lowest BCUT2D eigenvalue weighted by molar-refractivity contribution is -0.138. The first-order valence-electron chi connectivity index (χ1n) is 9.48. The van der Waals surface area contributed by atoms with Crippen LogP contribution in [0.5, 0.6) is 5.75 Å². The van der Waals surface area contributed by atoms with Gasteiger partial charge in [0.05, 0.1) is 5.56 Å². The normalized spacial score (nSPS) is 12.3. The van der Waals surface area contributed by atoms with Crippen LogP contribution in [0.25, 0.3) is 0 Å². The Morgan fingerprint density at radius 3 is 2.34 bits per heavy atom. The summed E-state index contributed by atoms with van der Waals surface area (Å²) in [5.74, 6) is 0.653. The summed E-state index contributed by atoms with van der Waals surface area (Å²) in [6.07, 6.45) is -2.68. The summed E-state index contributed by atoms with van der Waals surface area (Å²) in [4.78, 5) is 4.05. The molecule has 0 heterocycles. The quantitative estimate of drug-likeness (QED) is 0.204. The Hall–Kier alpha value is -1.23. The Bertz CT molecular complexity index is 632. The van der Waals surface area contributed by atoms with Crippen LogP contribution in [0.4, 0.5) is 13.2 Å². The van der Waals surface area contributed by atoms with E-state index < -0.39 is 17.3 Å². The van der Waals surface area contributed by atoms with Crippen LogP contribution in [0.2, 0.25) is 0 Å². The van der Waals surface area contributed by atoms with Crippen molar-refractivity contribution in [3.63, 3.8) is 0 Å². The number of hydrogen-bond acceptors (Lipinski definition) is 3. The fraction of sp³-hybridized carbons (Fsp3) is 0.650. The number of alkyl halides is 3. The van der Waals surface area contributed by atoms with E-state index in [9.17, 15) is 13.2 Å². The molecule has 29 heavy (non-hydrogen) atoms. The SMILES string of the molecule is CCOCCCCNC(=NC)NCc1ccc(OC(C)(C)C)cc1C(F)(F)F.I. The zero-order valence-electron chi connectivity index (χ0n) is 17.8. The summed E-state index contributed by atoms with van der Waals surface area (Å²) in [5.41, 5.74) is -1.15. The molecular weight excluding hydrogens is 498 g/mol. The predicted molar refractivity (Wildman–Crippen MR) is 121 cm³/mol. The summed E-state index contributed by atoms with van der Waals surface area (Å²) >= 11 is 0. The monoisotopic (exact) mass is 531 g/mol. The Balaban J connectivity index is 0.00000784. The molecule has 0 atom stereocenters. The Labute approximate surface area is 188 Å². The van der Waals surface area contributed by atoms with Crippen molar-refractivity contribution in [3.05, 3.63) is 29.3 Å². The van der Waals surface area contributed by atoms with Crippen LogP contribution in [0.3, 0.4) is 0 Å². The molecule has 1 aromatic rings. The third kappa shape index (κ3) is 11.5. The average molecular weight is 531 g/mol. The van der Waals surface area contributed by atoms with Gasteiger partial charge in [0.15, 0.2) is 5.96 Å². The van der Waals surface area contributed by atoms with Gasteiger partial charge in [-0.2, -0.15) is 13.2 Å². The first kappa shape index (κ1) is 27.8. The summed E-state index contributed by atoms with van der Waals surface area (Å²) in [7, 11) is 1.58. The van der Waals surface area contributed by atoms with Gasteiger partial charge in [-0.05, 0) is 58.2 Å². The minimum absolute atomic E-state index is 0. The standard InChI is InChI=1S/C20H32F3N3O2.HI/c1-6-27-12-8-7-11-25-18(24-5)26-14-15-9-10-16(28-19(2,3)4)13-17(15)20(21,22)23;/h9-10,13H,6-8,11-12,14H2,1-5H3,(H2,24,25,26);1H. The van der Waals surface area contributed by atoms with Crippen LogP contribution in [0, 0.1) is 0 Å². The average Bonchev–Trinajstić information content (AvgIpc) is 2.59. The lowest BCUT2D eigenvalue weighted by Crippen LogP contribution is -2.37. The van der Waals surface area contributed by atoms with Gasteiger partial charge in [-0.1, -0.05) is 6.07 Å². The van der Waals surface area contributed by atoms with Crippen molar-refractivity contribution in [1.29, 1.82) is 0 Å². The molecule has 0 bridgehead atoms. The molecule has 0 unspecified atom stereocenters. The van der Waals surface area contributed by atoms with Gasteiger partial charge in [-0.3, -0.25) is 4.99 Å². The molecule has 1 rings (SSSR count). The minimum Gasteiger partial charge on any atom is -0.488 e. The second kappa shape index (κ2) is 13.1. The summed E-state index contributed by atoms with van der Waals surface area (Å²) in [6.45, 7) is 9.38. The van der Waals surface area contributed by atoms with E-state index in [4.69, 9.17) is 9.47 Å². The fourth-order valence-corrected chi connectivity index (χ4v) is 2.47. The number of benzene rings is 1. The summed E-state index contributed by atoms with van der Waals surface area (Å²) in [6, 6.07) is 4.04. The van der Waals surface area contributed by atoms with E-state index in [0.717, 1.165) is 18.9 Å². The highest BCUT2D eigenvalue weighted by atomic mass is 127. The first-order valence-corrected chi connectivity index (χ1v) is 9.48. The minimum atomic E-state index is -4.47. The molecular formula is C20H33F3IN3O2. The molecule has 0 saturated heterocycles. The number of aliphatic imine (C=N–C) groups is 1. The van der Waals surface area contributed by atoms with E-state index in [1.54, 1.807) is 33.9 Å². The van der Waals surface area contributed by atoms with E-state index in [1.165, 1.54) is 6.07 Å². The number of halogens is 4. The van der Waals surface area contributed by atoms with Gasteiger partial charge in [0.1, 0.15) is 11.4 Å². The topological polar surface area (TPSA) is 54.9 Å². The van der Waals surface area contributed by atoms with Gasteiger partial charge in [0, 0.05) is 33.4 Å². The number of nitrogens with one attached hydrogen (secondary N) is 2. The van der Waals surface area contributed by atoms with Gasteiger partial charge < -0.3 is 20.1 Å². The Morgan fingerprint density at radius 1 is 1.10 bits per heavy atom. The first-order chi connectivity index (χ1) is 13.1. The number of guanidine groups is 1. The van der Waals surface area contributed by atoms with E-state index >= 15 is 0 Å². The van der Waals surface area contributed by atoms with E-state index in [2.05, 4.69) is 15.6 Å². The maximum absolute atomic E-state index is 13.5. The number of hydrogen-bond donors (Lipinski definition) is 2. The van der Waals surface area contributed by atoms with Crippen molar-refractivity contribution in [2.45, 2.75) is 58.9 Å². The maximum atomic E-state index is 13.5. The molecule has 0 radical (unpaired) electrons. The molecule has 0 amide bonds. The predicted octanol–water partition coefficient (Wildman–Crippen LogP) is 4.98. The van der Waals surface area contributed by atoms with Crippen molar-refractivity contribution in [2.24, 2.45) is 4.99 Å². The van der Waals surface area contributed by atoms with Crippen molar-refractivity contribution in [2.75, 3.05) is 26.8 Å². The molecule has 0 aliphatic heterocycles. The largest absolute Gasteiger partial charge is 0.488 e. The molecule has 1 aromatic carbocycles. The third-order valence-corrected chi connectivity index (χ3v) is 3.69. The second-order valence-corrected chi connectivity index (χ2v) is 7.29. The third-order valence-electron chi connectivity index (χ3n) is 3.69. The van der Waals surface area contributed by atoms with Gasteiger partial charge in [-0.15, -0.1) is 24.0 Å². The molecule has 0 fully saturated rings. The smallest absolute Gasteiger partial charge is 0.416 e. The lowest BCUT2D eigenvalue weighted by Gasteiger charge is -2.23. The Kier molecular flexibility index (Phi) is 12.6. The Morgan fingerprint density at radius 2 is 1.79 bits per heavy atom. The van der Waals surface area contributed by atoms with Crippen LogP contribution in [-0.2, 0) is 17.5 Å². The number of rotatable bonds is 9. The van der Waals surface area contributed by atoms with Crippen molar-refractivity contribution in [3.8, 4) is 5.75 Å². The van der Waals surface area contributed by atoms with Crippen molar-refractivity contribution in [1.82, 2.24) is 10.6 Å². The highest BCUT2D eigenvalue weighted by Crippen LogP contribution is 2.35. The molecule has 5 nitrogen and oxygen atoms in total. The van der Waals surface area contributed by atoms with Gasteiger partial charge in [0.25, 0.3) is 0 Å². The second-order valence-electron chi connectivity index (χ2n) is 7.29. The fourth-order valence-electron chi connectivity index (χ4n) is 2.47. The van der Waals surface area contributed by atoms with E-state index in [0.29, 0.717) is 25.7 Å². The molecule has 0 aliphatic rings. The molecule has 0 aromatic heterocycles. The van der Waals surface area contributed by atoms with Crippen molar-refractivity contribution < 1.29 is 22.6 Å². The zero-order chi connectivity index (χ0) is 21.2. The van der Waals surface area contributed by atoms with Crippen LogP contribution in [0.15, 0.2) is 23.2 Å². The maximum Gasteiger partial charge on any atom is 0.416 e. The highest BCUT2D eigenvalue weighted by Gasteiger charge is 2.34. The van der Waals surface area contributed by atoms with Gasteiger partial charge in [-0.25, -0.2) is 0 Å². The summed E-state index contributed by atoms with van der Waals surface area (Å²) < 4.78 is 51.3. The van der Waals surface area contributed by atoms with Gasteiger partial charge in [0.2, 0.25) is 0 Å². The van der Waals surface area contributed by atoms with Crippen LogP contribution in [-0.4, -0.2) is 38.4 Å². The molecule has 0 aliphatic carbocycles. The molecule has 0 spiro atoms. The van der Waals surface area contributed by atoms with Crippen LogP contribution >= 0.6 is 24.0 Å². The van der Waals surface area contributed by atoms with Gasteiger partial charge >= 0.3 is 6.18 Å². The molecule has 9 heteroatoms. The molecule has 168 valence electrons. The lowest BCUT2D eigenvalue weighted by atomic mass is 10.1. The number of ether oxygens (including phenoxy) is 2. The van der Waals surface area contributed by atoms with Crippen LogP contribution < -0.4 is 15.4 Å². The van der Waals surface area contributed by atoms with E-state index in [1.807, 2.05) is 6.92 Å². The van der Waals surface area contributed by atoms with Crippen LogP contribution in [0.1, 0.15) is 51.7 Å². The number of nitrogens with zero attached hydrogens (tertiary/aromatic N) is 1.